The Morgan fingerprint density at radius 2 is 1.95 bits per heavy atom. The van der Waals surface area contributed by atoms with E-state index in [0.29, 0.717) is 33.1 Å². The molecule has 0 amide bonds. The Kier molecular flexibility index (Phi) is 3.16. The average molecular weight is 287 g/mol. The fourth-order valence-corrected chi connectivity index (χ4v) is 2.36. The van der Waals surface area contributed by atoms with Crippen molar-refractivity contribution in [2.45, 2.75) is 0 Å². The van der Waals surface area contributed by atoms with Crippen LogP contribution in [0.5, 0.6) is 5.75 Å². The number of hydrogen-bond donors (Lipinski definition) is 1. The lowest BCUT2D eigenvalue weighted by atomic mass is 10.1. The maximum atomic E-state index is 12.1. The largest absolute Gasteiger partial charge is 0.496 e. The van der Waals surface area contributed by atoms with E-state index in [1.165, 1.54) is 0 Å². The molecule has 2 aromatic carbocycles. The first-order valence-electron chi connectivity index (χ1n) is 6.02. The number of para-hydroxylation sites is 1. The second kappa shape index (κ2) is 4.98. The molecular formula is C15H11ClN2O2. The molecule has 0 aliphatic carbocycles. The van der Waals surface area contributed by atoms with Gasteiger partial charge in [-0.2, -0.15) is 0 Å². The van der Waals surface area contributed by atoms with Crippen LogP contribution in [0.15, 0.2) is 47.3 Å². The summed E-state index contributed by atoms with van der Waals surface area (Å²) in [7, 11) is 1.55. The van der Waals surface area contributed by atoms with E-state index < -0.39 is 0 Å². The fourth-order valence-electron chi connectivity index (χ4n) is 2.11. The molecule has 1 aromatic heterocycles. The Hall–Kier alpha value is -2.33. The Morgan fingerprint density at radius 1 is 1.15 bits per heavy atom. The van der Waals surface area contributed by atoms with Crippen LogP contribution < -0.4 is 10.3 Å². The van der Waals surface area contributed by atoms with Gasteiger partial charge in [0.2, 0.25) is 0 Å². The minimum absolute atomic E-state index is 0.201. The maximum Gasteiger partial charge on any atom is 0.259 e. The molecule has 5 heteroatoms. The highest BCUT2D eigenvalue weighted by Gasteiger charge is 2.14. The van der Waals surface area contributed by atoms with Gasteiger partial charge in [-0.15, -0.1) is 0 Å². The molecule has 0 aliphatic rings. The zero-order chi connectivity index (χ0) is 14.1. The van der Waals surface area contributed by atoms with Gasteiger partial charge in [0.1, 0.15) is 11.6 Å². The van der Waals surface area contributed by atoms with Crippen LogP contribution in [0, 0.1) is 0 Å². The molecule has 0 saturated heterocycles. The van der Waals surface area contributed by atoms with Crippen LogP contribution in [0.2, 0.25) is 5.02 Å². The third-order valence-electron chi connectivity index (χ3n) is 3.04. The monoisotopic (exact) mass is 286 g/mol. The third-order valence-corrected chi connectivity index (χ3v) is 3.36. The molecule has 0 bridgehead atoms. The Balaban J connectivity index is 2.33. The summed E-state index contributed by atoms with van der Waals surface area (Å²) in [5, 5.41) is 1.02. The van der Waals surface area contributed by atoms with Gasteiger partial charge in [0.25, 0.3) is 5.56 Å². The molecule has 3 rings (SSSR count). The SMILES string of the molecule is COc1cccc(Cl)c1-c1nc2ccccc2c(=O)[nH]1. The normalized spacial score (nSPS) is 10.7. The molecule has 0 radical (unpaired) electrons. The number of hydrogen-bond acceptors (Lipinski definition) is 3. The summed E-state index contributed by atoms with van der Waals surface area (Å²) in [6.07, 6.45) is 0. The number of fused-ring (bicyclic) bond motifs is 1. The molecule has 0 spiro atoms. The number of H-pyrrole nitrogens is 1. The predicted octanol–water partition coefficient (Wildman–Crippen LogP) is 3.25. The number of nitrogens with zero attached hydrogens (tertiary/aromatic N) is 1. The fraction of sp³-hybridized carbons (Fsp3) is 0.0667. The molecule has 100 valence electrons. The van der Waals surface area contributed by atoms with Crippen molar-refractivity contribution in [1.29, 1.82) is 0 Å². The number of aromatic amines is 1. The van der Waals surface area contributed by atoms with Gasteiger partial charge in [-0.25, -0.2) is 4.98 Å². The van der Waals surface area contributed by atoms with Gasteiger partial charge >= 0.3 is 0 Å². The molecule has 0 fully saturated rings. The number of halogens is 1. The molecule has 4 nitrogen and oxygen atoms in total. The van der Waals surface area contributed by atoms with Crippen LogP contribution in [-0.4, -0.2) is 17.1 Å². The molecule has 1 N–H and O–H groups in total. The van der Waals surface area contributed by atoms with Crippen molar-refractivity contribution in [3.8, 4) is 17.1 Å². The second-order valence-corrected chi connectivity index (χ2v) is 4.66. The van der Waals surface area contributed by atoms with Crippen molar-refractivity contribution >= 4 is 22.5 Å². The summed E-state index contributed by atoms with van der Waals surface area (Å²) < 4.78 is 5.29. The number of aromatic nitrogens is 2. The zero-order valence-corrected chi connectivity index (χ0v) is 11.4. The van der Waals surface area contributed by atoms with Crippen LogP contribution in [0.3, 0.4) is 0 Å². The lowest BCUT2D eigenvalue weighted by molar-refractivity contribution is 0.416. The van der Waals surface area contributed by atoms with Gasteiger partial charge in [-0.05, 0) is 24.3 Å². The molecule has 1 heterocycles. The van der Waals surface area contributed by atoms with Crippen LogP contribution in [0.4, 0.5) is 0 Å². The smallest absolute Gasteiger partial charge is 0.259 e. The third kappa shape index (κ3) is 2.04. The highest BCUT2D eigenvalue weighted by Crippen LogP contribution is 2.34. The van der Waals surface area contributed by atoms with Crippen molar-refractivity contribution in [2.75, 3.05) is 7.11 Å². The van der Waals surface area contributed by atoms with E-state index in [0.717, 1.165) is 0 Å². The van der Waals surface area contributed by atoms with Gasteiger partial charge in [-0.3, -0.25) is 4.79 Å². The summed E-state index contributed by atoms with van der Waals surface area (Å²) in [6.45, 7) is 0. The number of methoxy groups -OCH3 is 1. The van der Waals surface area contributed by atoms with Crippen LogP contribution in [0.1, 0.15) is 0 Å². The number of ether oxygens (including phenoxy) is 1. The average Bonchev–Trinajstić information content (AvgIpc) is 2.46. The minimum atomic E-state index is -0.201. The van der Waals surface area contributed by atoms with E-state index in [-0.39, 0.29) is 5.56 Å². The van der Waals surface area contributed by atoms with Crippen molar-refractivity contribution in [3.63, 3.8) is 0 Å². The summed E-state index contributed by atoms with van der Waals surface area (Å²) in [4.78, 5) is 19.3. The van der Waals surface area contributed by atoms with Gasteiger partial charge in [-0.1, -0.05) is 29.8 Å². The summed E-state index contributed by atoms with van der Waals surface area (Å²) in [6, 6.07) is 12.4. The predicted molar refractivity (Wildman–Crippen MR) is 79.4 cm³/mol. The van der Waals surface area contributed by atoms with E-state index >= 15 is 0 Å². The lowest BCUT2D eigenvalue weighted by Gasteiger charge is -2.10. The van der Waals surface area contributed by atoms with Crippen molar-refractivity contribution in [2.24, 2.45) is 0 Å². The zero-order valence-electron chi connectivity index (χ0n) is 10.7. The highest BCUT2D eigenvalue weighted by molar-refractivity contribution is 6.33. The van der Waals surface area contributed by atoms with E-state index in [1.807, 2.05) is 6.07 Å². The molecular weight excluding hydrogens is 276 g/mol. The first-order valence-corrected chi connectivity index (χ1v) is 6.40. The summed E-state index contributed by atoms with van der Waals surface area (Å²) >= 11 is 6.20. The first kappa shape index (κ1) is 12.7. The summed E-state index contributed by atoms with van der Waals surface area (Å²) in [5.74, 6) is 0.965. The van der Waals surface area contributed by atoms with E-state index in [9.17, 15) is 4.79 Å². The Morgan fingerprint density at radius 3 is 2.75 bits per heavy atom. The number of benzene rings is 2. The van der Waals surface area contributed by atoms with Crippen molar-refractivity contribution < 1.29 is 4.74 Å². The quantitative estimate of drug-likeness (QED) is 0.787. The van der Waals surface area contributed by atoms with Gasteiger partial charge in [0.05, 0.1) is 28.6 Å². The first-order chi connectivity index (χ1) is 9.70. The molecule has 0 saturated carbocycles. The molecule has 20 heavy (non-hydrogen) atoms. The standard InChI is InChI=1S/C15H11ClN2O2/c1-20-12-8-4-6-10(16)13(12)14-17-11-7-3-2-5-9(11)15(19)18-14/h2-8H,1H3,(H,17,18,19). The number of rotatable bonds is 2. The van der Waals surface area contributed by atoms with Gasteiger partial charge in [0.15, 0.2) is 0 Å². The molecule has 0 atom stereocenters. The Bertz CT molecular complexity index is 843. The van der Waals surface area contributed by atoms with Crippen molar-refractivity contribution in [1.82, 2.24) is 9.97 Å². The van der Waals surface area contributed by atoms with Gasteiger partial charge < -0.3 is 9.72 Å². The molecule has 0 aliphatic heterocycles. The van der Waals surface area contributed by atoms with E-state index in [4.69, 9.17) is 16.3 Å². The second-order valence-electron chi connectivity index (χ2n) is 4.25. The Labute approximate surface area is 120 Å². The van der Waals surface area contributed by atoms with Gasteiger partial charge in [0, 0.05) is 0 Å². The highest BCUT2D eigenvalue weighted by atomic mass is 35.5. The topological polar surface area (TPSA) is 55.0 Å². The molecule has 3 aromatic rings. The minimum Gasteiger partial charge on any atom is -0.496 e. The van der Waals surface area contributed by atoms with Crippen LogP contribution in [-0.2, 0) is 0 Å². The molecule has 0 unspecified atom stereocenters. The van der Waals surface area contributed by atoms with Crippen molar-refractivity contribution in [3.05, 3.63) is 57.8 Å². The van der Waals surface area contributed by atoms with E-state index in [2.05, 4.69) is 9.97 Å². The van der Waals surface area contributed by atoms with E-state index in [1.54, 1.807) is 43.5 Å². The lowest BCUT2D eigenvalue weighted by Crippen LogP contribution is -2.10. The van der Waals surface area contributed by atoms with Crippen LogP contribution >= 0.6 is 11.6 Å². The van der Waals surface area contributed by atoms with Crippen LogP contribution in [0.25, 0.3) is 22.3 Å². The maximum absolute atomic E-state index is 12.1. The number of nitrogens with one attached hydrogen (secondary N) is 1. The summed E-state index contributed by atoms with van der Waals surface area (Å²) in [5.41, 5.74) is 1.00.